The molecule has 1 fully saturated rings. The fraction of sp³-hybridized carbons (Fsp3) is 0.533. The van der Waals surface area contributed by atoms with E-state index in [2.05, 4.69) is 24.4 Å². The summed E-state index contributed by atoms with van der Waals surface area (Å²) in [5, 5.41) is 2.98. The first-order valence-electron chi connectivity index (χ1n) is 6.73. The molecule has 0 unspecified atom stereocenters. The Kier molecular flexibility index (Phi) is 5.83. The van der Waals surface area contributed by atoms with Gasteiger partial charge < -0.3 is 11.1 Å². The second kappa shape index (κ2) is 6.92. The highest BCUT2D eigenvalue weighted by Crippen LogP contribution is 2.27. The van der Waals surface area contributed by atoms with E-state index in [1.54, 1.807) is 0 Å². The van der Waals surface area contributed by atoms with Crippen LogP contribution in [0.1, 0.15) is 36.8 Å². The van der Waals surface area contributed by atoms with Crippen molar-refractivity contribution in [2.75, 3.05) is 6.54 Å². The molecule has 0 aliphatic heterocycles. The summed E-state index contributed by atoms with van der Waals surface area (Å²) in [6.45, 7) is 2.77. The number of nitrogens with two attached hydrogens (primary N) is 1. The maximum Gasteiger partial charge on any atom is 0.240 e. The maximum atomic E-state index is 12.0. The topological polar surface area (TPSA) is 55.1 Å². The Bertz CT molecular complexity index is 428. The lowest BCUT2D eigenvalue weighted by Gasteiger charge is -2.22. The molecule has 1 amide bonds. The van der Waals surface area contributed by atoms with E-state index in [0.717, 1.165) is 32.1 Å². The fourth-order valence-electron chi connectivity index (χ4n) is 2.61. The molecule has 1 aliphatic carbocycles. The van der Waals surface area contributed by atoms with E-state index in [4.69, 9.17) is 5.73 Å². The number of nitrogens with one attached hydrogen (secondary N) is 1. The van der Waals surface area contributed by atoms with Gasteiger partial charge in [0.25, 0.3) is 0 Å². The van der Waals surface area contributed by atoms with Crippen LogP contribution in [0.4, 0.5) is 0 Å². The molecule has 3 nitrogen and oxygen atoms in total. The third kappa shape index (κ3) is 3.95. The first-order chi connectivity index (χ1) is 8.62. The van der Waals surface area contributed by atoms with Gasteiger partial charge in [-0.25, -0.2) is 0 Å². The van der Waals surface area contributed by atoms with Gasteiger partial charge in [0.2, 0.25) is 5.91 Å². The van der Waals surface area contributed by atoms with Gasteiger partial charge in [-0.3, -0.25) is 4.79 Å². The molecule has 4 heteroatoms. The summed E-state index contributed by atoms with van der Waals surface area (Å²) in [6.07, 6.45) is 4.66. The quantitative estimate of drug-likeness (QED) is 0.891. The summed E-state index contributed by atoms with van der Waals surface area (Å²) in [5.74, 6) is 0.0218. The van der Waals surface area contributed by atoms with Crippen molar-refractivity contribution in [3.63, 3.8) is 0 Å². The zero-order valence-electron chi connectivity index (χ0n) is 11.4. The molecule has 3 N–H and O–H groups in total. The van der Waals surface area contributed by atoms with Crippen LogP contribution in [0.5, 0.6) is 0 Å². The highest BCUT2D eigenvalue weighted by atomic mass is 35.5. The lowest BCUT2D eigenvalue weighted by molar-refractivity contribution is -0.126. The summed E-state index contributed by atoms with van der Waals surface area (Å²) in [5.41, 5.74) is 8.06. The van der Waals surface area contributed by atoms with Crippen molar-refractivity contribution >= 4 is 18.3 Å². The third-order valence-corrected chi connectivity index (χ3v) is 3.89. The number of carbonyl (C=O) groups is 1. The molecule has 0 spiro atoms. The van der Waals surface area contributed by atoms with Crippen molar-refractivity contribution in [1.82, 2.24) is 5.32 Å². The lowest BCUT2D eigenvalue weighted by Crippen LogP contribution is -2.52. The third-order valence-electron chi connectivity index (χ3n) is 3.89. The molecule has 1 aliphatic rings. The summed E-state index contributed by atoms with van der Waals surface area (Å²) < 4.78 is 0. The number of halogens is 1. The van der Waals surface area contributed by atoms with Gasteiger partial charge >= 0.3 is 0 Å². The SMILES string of the molecule is Cc1ccccc1CCNC(=O)C1(N)CCCC1.Cl. The Morgan fingerprint density at radius 3 is 2.58 bits per heavy atom. The molecule has 2 rings (SSSR count). The second-order valence-electron chi connectivity index (χ2n) is 5.30. The summed E-state index contributed by atoms with van der Waals surface area (Å²) in [7, 11) is 0. The minimum atomic E-state index is -0.605. The molecular weight excluding hydrogens is 260 g/mol. The molecule has 0 bridgehead atoms. The maximum absolute atomic E-state index is 12.0. The number of hydrogen-bond acceptors (Lipinski definition) is 2. The van der Waals surface area contributed by atoms with Gasteiger partial charge in [0.1, 0.15) is 0 Å². The Labute approximate surface area is 121 Å². The van der Waals surface area contributed by atoms with E-state index in [1.807, 2.05) is 12.1 Å². The zero-order chi connectivity index (χ0) is 13.0. The summed E-state index contributed by atoms with van der Waals surface area (Å²) >= 11 is 0. The van der Waals surface area contributed by atoms with Crippen LogP contribution in [-0.4, -0.2) is 18.0 Å². The predicted molar refractivity (Wildman–Crippen MR) is 80.5 cm³/mol. The minimum Gasteiger partial charge on any atom is -0.354 e. The fourth-order valence-corrected chi connectivity index (χ4v) is 2.61. The highest BCUT2D eigenvalue weighted by Gasteiger charge is 2.36. The number of carbonyl (C=O) groups excluding carboxylic acids is 1. The normalized spacial score (nSPS) is 16.7. The summed E-state index contributed by atoms with van der Waals surface area (Å²) in [6, 6.07) is 8.27. The van der Waals surface area contributed by atoms with E-state index in [0.29, 0.717) is 6.54 Å². The molecule has 0 saturated heterocycles. The van der Waals surface area contributed by atoms with Gasteiger partial charge in [0.05, 0.1) is 5.54 Å². The molecule has 1 aromatic carbocycles. The molecule has 1 aromatic rings. The standard InChI is InChI=1S/C15H22N2O.ClH/c1-12-6-2-3-7-13(12)8-11-17-14(18)15(16)9-4-5-10-15;/h2-3,6-7H,4-5,8-11,16H2,1H3,(H,17,18);1H. The van der Waals surface area contributed by atoms with Crippen LogP contribution in [0.15, 0.2) is 24.3 Å². The average Bonchev–Trinajstić information content (AvgIpc) is 2.80. The molecule has 19 heavy (non-hydrogen) atoms. The van der Waals surface area contributed by atoms with Crippen LogP contribution in [0.25, 0.3) is 0 Å². The van der Waals surface area contributed by atoms with Crippen LogP contribution >= 0.6 is 12.4 Å². The van der Waals surface area contributed by atoms with Gasteiger partial charge in [0.15, 0.2) is 0 Å². The Hall–Kier alpha value is -1.06. The lowest BCUT2D eigenvalue weighted by atomic mass is 9.98. The van der Waals surface area contributed by atoms with Crippen LogP contribution in [0.2, 0.25) is 0 Å². The molecular formula is C15H23ClN2O. The number of rotatable bonds is 4. The predicted octanol–water partition coefficient (Wildman–Crippen LogP) is 2.35. The van der Waals surface area contributed by atoms with Crippen molar-refractivity contribution in [2.24, 2.45) is 5.73 Å². The van der Waals surface area contributed by atoms with Crippen molar-refractivity contribution in [3.05, 3.63) is 35.4 Å². The first-order valence-corrected chi connectivity index (χ1v) is 6.73. The number of aryl methyl sites for hydroxylation is 1. The van der Waals surface area contributed by atoms with Crippen molar-refractivity contribution in [3.8, 4) is 0 Å². The number of hydrogen-bond donors (Lipinski definition) is 2. The van der Waals surface area contributed by atoms with E-state index in [-0.39, 0.29) is 18.3 Å². The van der Waals surface area contributed by atoms with Crippen molar-refractivity contribution in [1.29, 1.82) is 0 Å². The minimum absolute atomic E-state index is 0. The van der Waals surface area contributed by atoms with Crippen LogP contribution in [-0.2, 0) is 11.2 Å². The second-order valence-corrected chi connectivity index (χ2v) is 5.30. The zero-order valence-corrected chi connectivity index (χ0v) is 12.3. The van der Waals surface area contributed by atoms with Gasteiger partial charge in [-0.2, -0.15) is 0 Å². The monoisotopic (exact) mass is 282 g/mol. The molecule has 0 aromatic heterocycles. The Morgan fingerprint density at radius 1 is 1.32 bits per heavy atom. The van der Waals surface area contributed by atoms with Gasteiger partial charge in [-0.15, -0.1) is 12.4 Å². The molecule has 1 saturated carbocycles. The smallest absolute Gasteiger partial charge is 0.240 e. The van der Waals surface area contributed by atoms with E-state index < -0.39 is 5.54 Å². The average molecular weight is 283 g/mol. The Balaban J connectivity index is 0.00000180. The van der Waals surface area contributed by atoms with Gasteiger partial charge in [-0.05, 0) is 37.3 Å². The molecule has 106 valence electrons. The molecule has 0 radical (unpaired) electrons. The number of benzene rings is 1. The van der Waals surface area contributed by atoms with Crippen LogP contribution < -0.4 is 11.1 Å². The Morgan fingerprint density at radius 2 is 1.95 bits per heavy atom. The van der Waals surface area contributed by atoms with E-state index in [9.17, 15) is 4.79 Å². The van der Waals surface area contributed by atoms with Crippen molar-refractivity contribution < 1.29 is 4.79 Å². The highest BCUT2D eigenvalue weighted by molar-refractivity contribution is 5.86. The van der Waals surface area contributed by atoms with E-state index in [1.165, 1.54) is 11.1 Å². The van der Waals surface area contributed by atoms with Gasteiger partial charge in [0, 0.05) is 6.54 Å². The van der Waals surface area contributed by atoms with Gasteiger partial charge in [-0.1, -0.05) is 37.1 Å². The largest absolute Gasteiger partial charge is 0.354 e. The first kappa shape index (κ1) is 16.0. The van der Waals surface area contributed by atoms with Crippen molar-refractivity contribution in [2.45, 2.75) is 44.6 Å². The van der Waals surface area contributed by atoms with Crippen LogP contribution in [0, 0.1) is 6.92 Å². The van der Waals surface area contributed by atoms with Crippen LogP contribution in [0.3, 0.4) is 0 Å². The van der Waals surface area contributed by atoms with E-state index >= 15 is 0 Å². The molecule has 0 heterocycles. The number of amides is 1. The summed E-state index contributed by atoms with van der Waals surface area (Å²) in [4.78, 5) is 12.0. The molecule has 0 atom stereocenters.